The van der Waals surface area contributed by atoms with E-state index in [0.717, 1.165) is 6.42 Å². The lowest BCUT2D eigenvalue weighted by Crippen LogP contribution is -2.40. The zero-order valence-electron chi connectivity index (χ0n) is 16.0. The molecule has 29 heavy (non-hydrogen) atoms. The Bertz CT molecular complexity index is 901. The van der Waals surface area contributed by atoms with E-state index in [9.17, 15) is 19.2 Å². The molecule has 1 saturated heterocycles. The Hall–Kier alpha value is -2.96. The zero-order chi connectivity index (χ0) is 20.3. The lowest BCUT2D eigenvalue weighted by Gasteiger charge is -2.37. The normalized spacial score (nSPS) is 33.3. The monoisotopic (exact) mass is 394 g/mol. The summed E-state index contributed by atoms with van der Waals surface area (Å²) in [7, 11) is 1.31. The highest BCUT2D eigenvalue weighted by Gasteiger charge is 2.66. The minimum absolute atomic E-state index is 0.0469. The third kappa shape index (κ3) is 2.79. The van der Waals surface area contributed by atoms with Crippen LogP contribution in [-0.4, -0.2) is 42.2 Å². The second-order valence-corrected chi connectivity index (χ2v) is 8.35. The molecule has 1 aliphatic heterocycles. The van der Waals surface area contributed by atoms with Gasteiger partial charge in [-0.3, -0.25) is 19.3 Å². The molecule has 5 aliphatic rings. The summed E-state index contributed by atoms with van der Waals surface area (Å²) < 4.78 is 4.64. The molecule has 1 aromatic rings. The molecular weight excluding hydrogens is 372 g/mol. The first kappa shape index (κ1) is 18.1. The molecule has 2 bridgehead atoms. The maximum Gasteiger partial charge on any atom is 0.337 e. The van der Waals surface area contributed by atoms with E-state index in [-0.39, 0.29) is 54.4 Å². The van der Waals surface area contributed by atoms with Crippen molar-refractivity contribution in [2.24, 2.45) is 35.5 Å². The number of allylic oxidation sites excluding steroid dienone is 2. The van der Waals surface area contributed by atoms with Gasteiger partial charge in [-0.25, -0.2) is 4.79 Å². The molecular formula is C22H22N2O5. The lowest BCUT2D eigenvalue weighted by atomic mass is 9.63. The molecule has 6 rings (SSSR count). The van der Waals surface area contributed by atoms with Gasteiger partial charge >= 0.3 is 5.97 Å². The van der Waals surface area contributed by atoms with E-state index >= 15 is 0 Å². The average Bonchev–Trinajstić information content (AvgIpc) is 3.51. The number of rotatable bonds is 5. The Kier molecular flexibility index (Phi) is 4.08. The SMILES string of the molecule is COC(=O)c1ccc(NC(=O)CCN2C(=O)[C@@H]3[C@H]4C=C[C@H]([C@H]5C[C@H]45)[C@@H]3C2=O)cc1. The van der Waals surface area contributed by atoms with E-state index in [1.54, 1.807) is 24.3 Å². The summed E-state index contributed by atoms with van der Waals surface area (Å²) in [6.07, 6.45) is 5.46. The van der Waals surface area contributed by atoms with Crippen LogP contribution in [0.5, 0.6) is 0 Å². The van der Waals surface area contributed by atoms with Gasteiger partial charge in [0.05, 0.1) is 24.5 Å². The Morgan fingerprint density at radius 3 is 2.17 bits per heavy atom. The van der Waals surface area contributed by atoms with Crippen molar-refractivity contribution in [3.05, 3.63) is 42.0 Å². The Morgan fingerprint density at radius 1 is 1.03 bits per heavy atom. The van der Waals surface area contributed by atoms with Crippen LogP contribution < -0.4 is 5.32 Å². The number of hydrogen-bond acceptors (Lipinski definition) is 5. The Labute approximate surface area is 168 Å². The van der Waals surface area contributed by atoms with Crippen molar-refractivity contribution >= 4 is 29.4 Å². The van der Waals surface area contributed by atoms with Gasteiger partial charge in [0.15, 0.2) is 0 Å². The molecule has 1 heterocycles. The van der Waals surface area contributed by atoms with Crippen LogP contribution in [0.3, 0.4) is 0 Å². The molecule has 1 N–H and O–H groups in total. The second-order valence-electron chi connectivity index (χ2n) is 8.35. The summed E-state index contributed by atoms with van der Waals surface area (Å²) in [6.45, 7) is 0.103. The van der Waals surface area contributed by atoms with Gasteiger partial charge in [-0.1, -0.05) is 12.2 Å². The van der Waals surface area contributed by atoms with Crippen LogP contribution >= 0.6 is 0 Å². The number of imide groups is 1. The molecule has 7 heteroatoms. The summed E-state index contributed by atoms with van der Waals surface area (Å²) in [4.78, 5) is 50.9. The second kappa shape index (κ2) is 6.54. The number of hydrogen-bond donors (Lipinski definition) is 1. The van der Waals surface area contributed by atoms with Crippen LogP contribution in [0.1, 0.15) is 23.2 Å². The smallest absolute Gasteiger partial charge is 0.337 e. The minimum atomic E-state index is -0.448. The molecule has 150 valence electrons. The molecule has 1 aromatic carbocycles. The average molecular weight is 394 g/mol. The summed E-state index contributed by atoms with van der Waals surface area (Å²) >= 11 is 0. The molecule has 0 spiro atoms. The molecule has 0 radical (unpaired) electrons. The maximum absolute atomic E-state index is 12.9. The van der Waals surface area contributed by atoms with Crippen molar-refractivity contribution in [3.8, 4) is 0 Å². The fourth-order valence-electron chi connectivity index (χ4n) is 5.48. The van der Waals surface area contributed by atoms with Crippen molar-refractivity contribution in [1.82, 2.24) is 4.90 Å². The van der Waals surface area contributed by atoms with Crippen molar-refractivity contribution in [2.45, 2.75) is 12.8 Å². The molecule has 7 nitrogen and oxygen atoms in total. The van der Waals surface area contributed by atoms with Gasteiger partial charge in [-0.15, -0.1) is 0 Å². The highest BCUT2D eigenvalue weighted by molar-refractivity contribution is 6.06. The van der Waals surface area contributed by atoms with Crippen molar-refractivity contribution in [3.63, 3.8) is 0 Å². The van der Waals surface area contributed by atoms with Crippen molar-refractivity contribution < 1.29 is 23.9 Å². The van der Waals surface area contributed by atoms with Crippen LogP contribution in [0.15, 0.2) is 36.4 Å². The third-order valence-electron chi connectivity index (χ3n) is 6.91. The number of nitrogens with one attached hydrogen (secondary N) is 1. The summed E-state index contributed by atoms with van der Waals surface area (Å²) in [5.74, 6) is 0.118. The number of nitrogens with zero attached hydrogens (tertiary/aromatic N) is 1. The molecule has 0 aromatic heterocycles. The number of carbonyl (C=O) groups excluding carboxylic acids is 4. The van der Waals surface area contributed by atoms with Crippen molar-refractivity contribution in [1.29, 1.82) is 0 Å². The standard InChI is InChI=1S/C22H22N2O5/c1-29-22(28)11-2-4-12(5-3-11)23-17(25)8-9-24-20(26)18-13-6-7-14(16-10-15(13)16)19(18)21(24)27/h2-7,13-16,18-19H,8-10H2,1H3,(H,23,25)/t13-,14+,15-,16-,18+,19-/m1/s1. The number of carbonyl (C=O) groups is 4. The lowest BCUT2D eigenvalue weighted by molar-refractivity contribution is -0.140. The van der Waals surface area contributed by atoms with Gasteiger partial charge in [-0.2, -0.15) is 0 Å². The van der Waals surface area contributed by atoms with Crippen LogP contribution in [0.4, 0.5) is 5.69 Å². The van der Waals surface area contributed by atoms with E-state index < -0.39 is 5.97 Å². The van der Waals surface area contributed by atoms with E-state index in [1.165, 1.54) is 12.0 Å². The van der Waals surface area contributed by atoms with Gasteiger partial charge < -0.3 is 10.1 Å². The van der Waals surface area contributed by atoms with E-state index in [2.05, 4.69) is 22.2 Å². The molecule has 2 saturated carbocycles. The quantitative estimate of drug-likeness (QED) is 0.467. The predicted octanol–water partition coefficient (Wildman–Crippen LogP) is 1.85. The van der Waals surface area contributed by atoms with Gasteiger partial charge in [0, 0.05) is 18.7 Å². The number of ether oxygens (including phenoxy) is 1. The van der Waals surface area contributed by atoms with E-state index in [4.69, 9.17) is 0 Å². The van der Waals surface area contributed by atoms with Crippen LogP contribution in [0.25, 0.3) is 0 Å². The molecule has 6 atom stereocenters. The number of benzene rings is 1. The van der Waals surface area contributed by atoms with Gasteiger partial charge in [0.25, 0.3) is 0 Å². The third-order valence-corrected chi connectivity index (χ3v) is 6.91. The molecule has 0 unspecified atom stereocenters. The summed E-state index contributed by atoms with van der Waals surface area (Å²) in [5.41, 5.74) is 0.931. The topological polar surface area (TPSA) is 92.8 Å². The van der Waals surface area contributed by atoms with Gasteiger partial charge in [0.2, 0.25) is 17.7 Å². The van der Waals surface area contributed by atoms with Crippen LogP contribution in [0.2, 0.25) is 0 Å². The van der Waals surface area contributed by atoms with Gasteiger partial charge in [0.1, 0.15) is 0 Å². The fraction of sp³-hybridized carbons (Fsp3) is 0.455. The maximum atomic E-state index is 12.9. The highest BCUT2D eigenvalue weighted by Crippen LogP contribution is 2.65. The number of amides is 3. The van der Waals surface area contributed by atoms with Crippen LogP contribution in [0, 0.1) is 35.5 Å². The molecule has 3 fully saturated rings. The number of esters is 1. The number of likely N-dealkylation sites (tertiary alicyclic amines) is 1. The van der Waals surface area contributed by atoms with Gasteiger partial charge in [-0.05, 0) is 54.4 Å². The van der Waals surface area contributed by atoms with E-state index in [0.29, 0.717) is 23.1 Å². The van der Waals surface area contributed by atoms with E-state index in [1.807, 2.05) is 0 Å². The minimum Gasteiger partial charge on any atom is -0.465 e. The predicted molar refractivity (Wildman–Crippen MR) is 102 cm³/mol. The Morgan fingerprint density at radius 2 is 1.62 bits per heavy atom. The Balaban J connectivity index is 1.20. The molecule has 3 amide bonds. The number of methoxy groups -OCH3 is 1. The highest BCUT2D eigenvalue weighted by atomic mass is 16.5. The van der Waals surface area contributed by atoms with Crippen molar-refractivity contribution in [2.75, 3.05) is 19.0 Å². The first-order valence-electron chi connectivity index (χ1n) is 10.0. The number of anilines is 1. The first-order valence-corrected chi connectivity index (χ1v) is 10.0. The molecule has 4 aliphatic carbocycles. The summed E-state index contributed by atoms with van der Waals surface area (Å²) in [6, 6.07) is 6.35. The summed E-state index contributed by atoms with van der Waals surface area (Å²) in [5, 5.41) is 2.73. The van der Waals surface area contributed by atoms with Crippen LogP contribution in [-0.2, 0) is 19.1 Å². The largest absolute Gasteiger partial charge is 0.465 e. The fourth-order valence-corrected chi connectivity index (χ4v) is 5.48. The zero-order valence-corrected chi connectivity index (χ0v) is 16.0. The first-order chi connectivity index (χ1) is 14.0.